The smallest absolute Gasteiger partial charge is 0.197 e. The van der Waals surface area contributed by atoms with Crippen LogP contribution in [0.15, 0.2) is 0 Å². The number of rotatable bonds is 20. The van der Waals surface area contributed by atoms with Crippen molar-refractivity contribution in [1.82, 2.24) is 0 Å². The van der Waals surface area contributed by atoms with Crippen LogP contribution in [0.4, 0.5) is 0 Å². The predicted molar refractivity (Wildman–Crippen MR) is 135 cm³/mol. The Balaban J connectivity index is -0.000000411. The zero-order valence-corrected chi connectivity index (χ0v) is 25.1. The first kappa shape index (κ1) is 34.0. The summed E-state index contributed by atoms with van der Waals surface area (Å²) in [6.07, 6.45) is 29.5. The van der Waals surface area contributed by atoms with E-state index in [-0.39, 0.29) is 13.5 Å². The first-order valence-electron chi connectivity index (χ1n) is 12.8. The molecule has 0 aliphatic heterocycles. The molecule has 0 heterocycles. The summed E-state index contributed by atoms with van der Waals surface area (Å²) >= 11 is 2.82. The van der Waals surface area contributed by atoms with Gasteiger partial charge in [-0.2, -0.15) is 13.5 Å². The molecule has 27 heavy (non-hydrogen) atoms. The van der Waals surface area contributed by atoms with Gasteiger partial charge in [0.25, 0.3) is 0 Å². The molecule has 0 aliphatic carbocycles. The zero-order chi connectivity index (χ0) is 19.6. The molecule has 0 nitrogen and oxygen atoms in total. The summed E-state index contributed by atoms with van der Waals surface area (Å²) in [5.41, 5.74) is 0. The van der Waals surface area contributed by atoms with E-state index in [4.69, 9.17) is 0 Å². The van der Waals surface area contributed by atoms with Crippen LogP contribution in [0, 0.1) is 0 Å². The molecular formula is C24H52Na2S. The van der Waals surface area contributed by atoms with Crippen LogP contribution in [-0.4, -0.2) is 55.9 Å². The fraction of sp³-hybridized carbons (Fsp3) is 1.00. The van der Waals surface area contributed by atoms with Crippen LogP contribution in [0.2, 0.25) is 7.34 Å². The van der Waals surface area contributed by atoms with E-state index in [1.807, 2.05) is 0 Å². The molecule has 0 aromatic heterocycles. The Morgan fingerprint density at radius 3 is 0.704 bits per heavy atom. The first-order chi connectivity index (χ1) is 12.8. The van der Waals surface area contributed by atoms with Gasteiger partial charge in [0.2, 0.25) is 0 Å². The average molecular weight is 419 g/mol. The van der Waals surface area contributed by atoms with Gasteiger partial charge in [0.05, 0.1) is 0 Å². The molecule has 3 heteroatoms. The van der Waals surface area contributed by atoms with Gasteiger partial charge in [0.15, 0.2) is 0 Å². The van der Waals surface area contributed by atoms with Gasteiger partial charge in [-0.1, -0.05) is 0 Å². The van der Waals surface area contributed by atoms with Crippen LogP contribution in [0.1, 0.15) is 142 Å². The van der Waals surface area contributed by atoms with E-state index in [0.29, 0.717) is 0 Å². The second-order valence-electron chi connectivity index (χ2n) is 8.36. The maximum atomic E-state index is 2.29. The van der Waals surface area contributed by atoms with E-state index in [1.165, 1.54) is 192 Å². The number of hydrogen-bond acceptors (Lipinski definition) is 0. The quantitative estimate of drug-likeness (QED) is 0.137. The Morgan fingerprint density at radius 1 is 0.333 bits per heavy atom. The average Bonchev–Trinajstić information content (AvgIpc) is 2.66. The molecule has 0 bridgehead atoms. The summed E-state index contributed by atoms with van der Waals surface area (Å²) in [4.78, 5) is 0. The van der Waals surface area contributed by atoms with E-state index in [2.05, 4.69) is 13.8 Å². The van der Waals surface area contributed by atoms with Crippen molar-refractivity contribution in [2.75, 3.05) is 0 Å². The Labute approximate surface area is 216 Å². The molecule has 0 aromatic rings. The van der Waals surface area contributed by atoms with Crippen molar-refractivity contribution >= 4 is 69.4 Å². The molecule has 0 unspecified atom stereocenters. The van der Waals surface area contributed by atoms with Gasteiger partial charge in [0, 0.05) is 0 Å². The third kappa shape index (κ3) is 39.4. The molecule has 0 rings (SSSR count). The third-order valence-electron chi connectivity index (χ3n) is 5.41. The van der Waals surface area contributed by atoms with Crippen molar-refractivity contribution in [1.29, 1.82) is 0 Å². The molecule has 0 N–H and O–H groups in total. The van der Waals surface area contributed by atoms with Crippen molar-refractivity contribution in [3.63, 3.8) is 0 Å². The molecule has 0 aromatic carbocycles. The molecule has 0 saturated carbocycles. The van der Waals surface area contributed by atoms with Crippen LogP contribution in [0.5, 0.6) is 0 Å². The number of hydrogen-bond donors (Lipinski definition) is 0. The van der Waals surface area contributed by atoms with Gasteiger partial charge >= 0.3 is 205 Å². The maximum absolute atomic E-state index is 2.29. The Kier molecular flexibility index (Phi) is 45.0. The van der Waals surface area contributed by atoms with E-state index >= 15 is 0 Å². The topological polar surface area (TPSA) is 0 Å². The largest absolute Gasteiger partial charge is 0.197 e. The fourth-order valence-electron chi connectivity index (χ4n) is 3.47. The van der Waals surface area contributed by atoms with E-state index in [1.54, 1.807) is 0 Å². The normalized spacial score (nSPS) is 10.3. The van der Waals surface area contributed by atoms with Crippen molar-refractivity contribution in [2.45, 2.75) is 150 Å². The van der Waals surface area contributed by atoms with E-state index in [9.17, 15) is 0 Å². The first-order valence-corrected chi connectivity index (χ1v) is 15.7. The minimum absolute atomic E-state index is 0. The van der Waals surface area contributed by atoms with Crippen molar-refractivity contribution in [3.8, 4) is 0 Å². The Morgan fingerprint density at radius 2 is 0.519 bits per heavy atom. The summed E-state index contributed by atoms with van der Waals surface area (Å²) in [5.74, 6) is 0. The van der Waals surface area contributed by atoms with Gasteiger partial charge in [-0.05, 0) is 0 Å². The monoisotopic (exact) mass is 418 g/mol. The van der Waals surface area contributed by atoms with Gasteiger partial charge in [-0.25, -0.2) is 0 Å². The summed E-state index contributed by atoms with van der Waals surface area (Å²) in [7, 11) is 0. The van der Waals surface area contributed by atoms with Crippen molar-refractivity contribution in [2.24, 2.45) is 0 Å². The molecule has 0 spiro atoms. The van der Waals surface area contributed by atoms with Crippen LogP contribution >= 0.6 is 13.5 Å². The second kappa shape index (κ2) is 35.8. The summed E-state index contributed by atoms with van der Waals surface area (Å²) < 4.78 is 3.02. The van der Waals surface area contributed by atoms with E-state index in [0.717, 1.165) is 0 Å². The predicted octanol–water partition coefficient (Wildman–Crippen LogP) is 9.10. The Bertz CT molecular complexity index is 171. The summed E-state index contributed by atoms with van der Waals surface area (Å²) in [5, 5.41) is 0. The minimum atomic E-state index is 0. The summed E-state index contributed by atoms with van der Waals surface area (Å²) in [6, 6.07) is 0. The van der Waals surface area contributed by atoms with Crippen LogP contribution in [-0.2, 0) is 0 Å². The maximum Gasteiger partial charge on any atom is -0.197 e. The molecule has 0 amide bonds. The molecule has 0 fully saturated rings. The summed E-state index contributed by atoms with van der Waals surface area (Å²) in [6.45, 7) is 4.57. The molecule has 0 atom stereocenters. The van der Waals surface area contributed by atoms with Crippen LogP contribution < -0.4 is 0 Å². The van der Waals surface area contributed by atoms with Gasteiger partial charge in [-0.3, -0.25) is 0 Å². The standard InChI is InChI=1S/2C12H25.2Na.H2S/c2*1-3-5-7-9-11-12-10-8-6-4-2;;;/h2*1,3-12H2,2H3;;;1H2. The Hall–Kier alpha value is 2.35. The second-order valence-corrected chi connectivity index (χ2v) is 10.4. The van der Waals surface area contributed by atoms with E-state index < -0.39 is 0 Å². The third-order valence-corrected chi connectivity index (χ3v) is 6.83. The number of unbranched alkanes of at least 4 members (excludes halogenated alkanes) is 18. The molecular weight excluding hydrogens is 366 g/mol. The SMILES string of the molecule is CCCCCCCCCCC[CH2][Na].CCCCCCCCCCC[CH2][Na].S. The van der Waals surface area contributed by atoms with Crippen molar-refractivity contribution < 1.29 is 0 Å². The molecule has 0 radical (unpaired) electrons. The molecule has 0 saturated heterocycles. The van der Waals surface area contributed by atoms with Crippen LogP contribution in [0.3, 0.4) is 0 Å². The van der Waals surface area contributed by atoms with Gasteiger partial charge in [0.1, 0.15) is 0 Å². The molecule has 156 valence electrons. The molecule has 0 aliphatic rings. The van der Waals surface area contributed by atoms with Gasteiger partial charge in [-0.15, -0.1) is 0 Å². The zero-order valence-electron chi connectivity index (χ0n) is 20.1. The van der Waals surface area contributed by atoms with Crippen molar-refractivity contribution in [3.05, 3.63) is 0 Å². The minimum Gasteiger partial charge on any atom is -0.197 e. The fourth-order valence-corrected chi connectivity index (χ4v) is 4.47. The van der Waals surface area contributed by atoms with Gasteiger partial charge < -0.3 is 0 Å². The van der Waals surface area contributed by atoms with Crippen LogP contribution in [0.25, 0.3) is 0 Å².